The van der Waals surface area contributed by atoms with Crippen LogP contribution in [0.25, 0.3) is 0 Å². The van der Waals surface area contributed by atoms with Gasteiger partial charge in [0.1, 0.15) is 5.82 Å². The molecule has 7 heteroatoms. The molecule has 0 fully saturated rings. The van der Waals surface area contributed by atoms with Gasteiger partial charge in [0, 0.05) is 16.2 Å². The van der Waals surface area contributed by atoms with Crippen molar-refractivity contribution < 1.29 is 17.6 Å². The van der Waals surface area contributed by atoms with Gasteiger partial charge in [-0.3, -0.25) is 4.79 Å². The summed E-state index contributed by atoms with van der Waals surface area (Å²) in [5.41, 5.74) is 1.16. The van der Waals surface area contributed by atoms with Crippen LogP contribution in [0.5, 0.6) is 0 Å². The van der Waals surface area contributed by atoms with Crippen molar-refractivity contribution in [1.82, 2.24) is 5.32 Å². The average molecular weight is 394 g/mol. The lowest BCUT2D eigenvalue weighted by atomic mass is 10.0. The first-order valence-corrected chi connectivity index (χ1v) is 10.9. The summed E-state index contributed by atoms with van der Waals surface area (Å²) in [7, 11) is -3.37. The zero-order valence-electron chi connectivity index (χ0n) is 14.5. The van der Waals surface area contributed by atoms with Gasteiger partial charge in [-0.2, -0.15) is 0 Å². The standard InChI is InChI=1S/C19H20FNO3S2/c1-12(2)26(23,24)15-6-3-13(4-7-15)19(22)21-17-9-10-25-18-8-5-14(20)11-16(17)18/h3-8,11-12,17H,9-10H2,1-2H3,(H,21,22). The monoisotopic (exact) mass is 393 g/mol. The molecule has 1 heterocycles. The molecule has 0 radical (unpaired) electrons. The van der Waals surface area contributed by atoms with Crippen LogP contribution in [0.4, 0.5) is 4.39 Å². The lowest BCUT2D eigenvalue weighted by Crippen LogP contribution is -2.30. The van der Waals surface area contributed by atoms with Crippen molar-refractivity contribution in [3.05, 3.63) is 59.4 Å². The summed E-state index contributed by atoms with van der Waals surface area (Å²) in [6.07, 6.45) is 0.715. The predicted octanol–water partition coefficient (Wildman–Crippen LogP) is 3.97. The van der Waals surface area contributed by atoms with Crippen LogP contribution in [0.1, 0.15) is 42.2 Å². The number of thioether (sulfide) groups is 1. The van der Waals surface area contributed by atoms with Crippen LogP contribution in [0.15, 0.2) is 52.3 Å². The lowest BCUT2D eigenvalue weighted by molar-refractivity contribution is 0.0934. The molecule has 0 saturated carbocycles. The fourth-order valence-corrected chi connectivity index (χ4v) is 4.99. The Morgan fingerprint density at radius 3 is 2.54 bits per heavy atom. The quantitative estimate of drug-likeness (QED) is 0.854. The van der Waals surface area contributed by atoms with E-state index in [-0.39, 0.29) is 22.7 Å². The van der Waals surface area contributed by atoms with E-state index < -0.39 is 15.1 Å². The molecule has 1 N–H and O–H groups in total. The summed E-state index contributed by atoms with van der Waals surface area (Å²) < 4.78 is 37.9. The highest BCUT2D eigenvalue weighted by atomic mass is 32.2. The number of carbonyl (C=O) groups excluding carboxylic acids is 1. The topological polar surface area (TPSA) is 63.2 Å². The molecular weight excluding hydrogens is 373 g/mol. The van der Waals surface area contributed by atoms with Gasteiger partial charge in [-0.15, -0.1) is 11.8 Å². The first kappa shape index (κ1) is 18.9. The molecule has 0 spiro atoms. The van der Waals surface area contributed by atoms with Crippen molar-refractivity contribution in [2.75, 3.05) is 5.75 Å². The number of rotatable bonds is 4. The largest absolute Gasteiger partial charge is 0.345 e. The van der Waals surface area contributed by atoms with E-state index in [2.05, 4.69) is 5.32 Å². The van der Waals surface area contributed by atoms with Gasteiger partial charge in [-0.25, -0.2) is 12.8 Å². The first-order valence-electron chi connectivity index (χ1n) is 8.36. The molecule has 138 valence electrons. The van der Waals surface area contributed by atoms with Gasteiger partial charge >= 0.3 is 0 Å². The smallest absolute Gasteiger partial charge is 0.251 e. The zero-order chi connectivity index (χ0) is 18.9. The highest BCUT2D eigenvalue weighted by molar-refractivity contribution is 7.99. The maximum atomic E-state index is 13.6. The second-order valence-electron chi connectivity index (χ2n) is 6.46. The summed E-state index contributed by atoms with van der Waals surface area (Å²) in [4.78, 5) is 13.7. The summed E-state index contributed by atoms with van der Waals surface area (Å²) in [5.74, 6) is 0.217. The molecule has 1 aliphatic heterocycles. The van der Waals surface area contributed by atoms with E-state index >= 15 is 0 Å². The number of nitrogens with one attached hydrogen (secondary N) is 1. The molecule has 2 aromatic rings. The number of benzene rings is 2. The van der Waals surface area contributed by atoms with Crippen molar-refractivity contribution in [2.45, 2.75) is 41.4 Å². The molecule has 2 aromatic carbocycles. The molecule has 0 aliphatic carbocycles. The van der Waals surface area contributed by atoms with Crippen LogP contribution in [-0.2, 0) is 9.84 Å². The highest BCUT2D eigenvalue weighted by Crippen LogP contribution is 2.36. The number of hydrogen-bond acceptors (Lipinski definition) is 4. The average Bonchev–Trinajstić information content (AvgIpc) is 2.62. The Morgan fingerprint density at radius 1 is 1.19 bits per heavy atom. The summed E-state index contributed by atoms with van der Waals surface area (Å²) in [6.45, 7) is 3.24. The molecule has 0 saturated heterocycles. The first-order chi connectivity index (χ1) is 12.3. The van der Waals surface area contributed by atoms with Crippen LogP contribution in [0.2, 0.25) is 0 Å². The maximum Gasteiger partial charge on any atom is 0.251 e. The van der Waals surface area contributed by atoms with Crippen molar-refractivity contribution >= 4 is 27.5 Å². The fourth-order valence-electron chi connectivity index (χ4n) is 2.82. The van der Waals surface area contributed by atoms with E-state index in [1.54, 1.807) is 31.7 Å². The molecule has 0 bridgehead atoms. The number of amides is 1. The minimum absolute atomic E-state index is 0.200. The van der Waals surface area contributed by atoms with E-state index in [1.165, 1.54) is 36.4 Å². The molecule has 1 amide bonds. The third-order valence-electron chi connectivity index (χ3n) is 4.38. The molecule has 26 heavy (non-hydrogen) atoms. The summed E-state index contributed by atoms with van der Waals surface area (Å²) in [6, 6.07) is 10.3. The number of sulfone groups is 1. The number of halogens is 1. The fraction of sp³-hybridized carbons (Fsp3) is 0.316. The maximum absolute atomic E-state index is 13.6. The van der Waals surface area contributed by atoms with Crippen LogP contribution in [0, 0.1) is 5.82 Å². The number of fused-ring (bicyclic) bond motifs is 1. The minimum Gasteiger partial charge on any atom is -0.345 e. The van der Waals surface area contributed by atoms with E-state index in [9.17, 15) is 17.6 Å². The Balaban J connectivity index is 1.79. The van der Waals surface area contributed by atoms with Gasteiger partial charge in [0.2, 0.25) is 0 Å². The Morgan fingerprint density at radius 2 is 1.88 bits per heavy atom. The molecule has 1 atom stereocenters. The van der Waals surface area contributed by atoms with Crippen LogP contribution < -0.4 is 5.32 Å². The molecule has 3 rings (SSSR count). The van der Waals surface area contributed by atoms with E-state index in [0.717, 1.165) is 16.2 Å². The Bertz CT molecular complexity index is 924. The Kier molecular flexibility index (Phi) is 5.39. The third-order valence-corrected chi connectivity index (χ3v) is 7.68. The minimum atomic E-state index is -3.37. The Hall–Kier alpha value is -1.86. The normalized spacial score (nSPS) is 17.0. The van der Waals surface area contributed by atoms with Crippen molar-refractivity contribution in [3.63, 3.8) is 0 Å². The van der Waals surface area contributed by atoms with Crippen LogP contribution in [0.3, 0.4) is 0 Å². The van der Waals surface area contributed by atoms with Gasteiger partial charge in [0.15, 0.2) is 9.84 Å². The molecule has 4 nitrogen and oxygen atoms in total. The number of hydrogen-bond donors (Lipinski definition) is 1. The summed E-state index contributed by atoms with van der Waals surface area (Å²) >= 11 is 1.65. The van der Waals surface area contributed by atoms with E-state index in [4.69, 9.17) is 0 Å². The van der Waals surface area contributed by atoms with Crippen LogP contribution in [-0.4, -0.2) is 25.3 Å². The summed E-state index contributed by atoms with van der Waals surface area (Å²) in [5, 5.41) is 2.41. The van der Waals surface area contributed by atoms with Crippen molar-refractivity contribution in [1.29, 1.82) is 0 Å². The SMILES string of the molecule is CC(C)S(=O)(=O)c1ccc(C(=O)NC2CCSc3ccc(F)cc32)cc1. The predicted molar refractivity (Wildman–Crippen MR) is 101 cm³/mol. The van der Waals surface area contributed by atoms with Gasteiger partial charge in [-0.1, -0.05) is 0 Å². The third kappa shape index (κ3) is 3.78. The number of carbonyl (C=O) groups is 1. The zero-order valence-corrected chi connectivity index (χ0v) is 16.2. The van der Waals surface area contributed by atoms with Crippen molar-refractivity contribution in [3.8, 4) is 0 Å². The second kappa shape index (κ2) is 7.40. The van der Waals surface area contributed by atoms with Crippen LogP contribution >= 0.6 is 11.8 Å². The van der Waals surface area contributed by atoms with E-state index in [0.29, 0.717) is 12.0 Å². The Labute approximate surface area is 157 Å². The van der Waals surface area contributed by atoms with Gasteiger partial charge in [0.05, 0.1) is 16.2 Å². The molecular formula is C19H20FNO3S2. The van der Waals surface area contributed by atoms with E-state index in [1.807, 2.05) is 0 Å². The van der Waals surface area contributed by atoms with Gasteiger partial charge in [-0.05, 0) is 68.3 Å². The van der Waals surface area contributed by atoms with Gasteiger partial charge < -0.3 is 5.32 Å². The molecule has 0 aromatic heterocycles. The molecule has 1 aliphatic rings. The molecule has 1 unspecified atom stereocenters. The lowest BCUT2D eigenvalue weighted by Gasteiger charge is -2.26. The second-order valence-corrected chi connectivity index (χ2v) is 10.1. The van der Waals surface area contributed by atoms with Crippen molar-refractivity contribution in [2.24, 2.45) is 0 Å². The van der Waals surface area contributed by atoms with Gasteiger partial charge in [0.25, 0.3) is 5.91 Å². The highest BCUT2D eigenvalue weighted by Gasteiger charge is 2.24.